The first kappa shape index (κ1) is 15.7. The minimum Gasteiger partial charge on any atom is -0.464 e. The number of amides is 1. The molecule has 0 spiro atoms. The topological polar surface area (TPSA) is 77.2 Å². The molecule has 2 aromatic heterocycles. The lowest BCUT2D eigenvalue weighted by atomic mass is 10.2. The zero-order chi connectivity index (χ0) is 15.4. The van der Waals surface area contributed by atoms with E-state index in [0.29, 0.717) is 17.4 Å². The van der Waals surface area contributed by atoms with Crippen molar-refractivity contribution in [2.45, 2.75) is 32.7 Å². The number of aromatic nitrogens is 2. The van der Waals surface area contributed by atoms with Crippen LogP contribution in [-0.2, 0) is 4.74 Å². The summed E-state index contributed by atoms with van der Waals surface area (Å²) in [5, 5.41) is 12.0. The number of methoxy groups -OCH3 is 1. The van der Waals surface area contributed by atoms with E-state index in [1.807, 2.05) is 32.9 Å². The Morgan fingerprint density at radius 3 is 2.71 bits per heavy atom. The molecular weight excluding hydrogens is 290 g/mol. The van der Waals surface area contributed by atoms with Gasteiger partial charge in [0.25, 0.3) is 5.91 Å². The zero-order valence-electron chi connectivity index (χ0n) is 12.5. The molecule has 0 unspecified atom stereocenters. The first-order valence-electron chi connectivity index (χ1n) is 6.70. The highest BCUT2D eigenvalue weighted by molar-refractivity contribution is 7.13. The lowest BCUT2D eigenvalue weighted by molar-refractivity contribution is 0.0881. The molecule has 2 aromatic rings. The van der Waals surface area contributed by atoms with Crippen LogP contribution in [0.1, 0.15) is 52.1 Å². The summed E-state index contributed by atoms with van der Waals surface area (Å²) >= 11 is 1.30. The molecule has 1 N–H and O–H groups in total. The summed E-state index contributed by atoms with van der Waals surface area (Å²) in [7, 11) is 1.58. The molecule has 1 amide bonds. The minimum atomic E-state index is -0.345. The number of nitrogens with zero attached hydrogens (tertiary/aromatic N) is 2. The second-order valence-corrected chi connectivity index (χ2v) is 6.04. The minimum absolute atomic E-state index is 0.256. The van der Waals surface area contributed by atoms with Crippen molar-refractivity contribution in [3.63, 3.8) is 0 Å². The maximum absolute atomic E-state index is 12.2. The number of carbonyl (C=O) groups is 1. The molecule has 21 heavy (non-hydrogen) atoms. The summed E-state index contributed by atoms with van der Waals surface area (Å²) in [6.45, 7) is 6.21. The van der Waals surface area contributed by atoms with Crippen molar-refractivity contribution in [2.75, 3.05) is 13.7 Å². The molecule has 0 bridgehead atoms. The van der Waals surface area contributed by atoms with E-state index < -0.39 is 0 Å². The van der Waals surface area contributed by atoms with Gasteiger partial charge < -0.3 is 14.5 Å². The van der Waals surface area contributed by atoms with Crippen LogP contribution in [0.5, 0.6) is 0 Å². The van der Waals surface area contributed by atoms with Gasteiger partial charge in [-0.2, -0.15) is 0 Å². The van der Waals surface area contributed by atoms with Crippen molar-refractivity contribution in [2.24, 2.45) is 0 Å². The standard InChI is InChI=1S/C14H19N3O3S/c1-8(2)13-16-17-14(21-13)12(18)15-10(7-19-4)11-6-5-9(3)20-11/h5-6,8,10H,7H2,1-4H3,(H,15,18)/t10-/m0/s1. The highest BCUT2D eigenvalue weighted by Gasteiger charge is 2.21. The second kappa shape index (κ2) is 6.82. The van der Waals surface area contributed by atoms with Crippen LogP contribution in [0.15, 0.2) is 16.5 Å². The van der Waals surface area contributed by atoms with Crippen LogP contribution in [0, 0.1) is 6.92 Å². The number of ether oxygens (including phenoxy) is 1. The van der Waals surface area contributed by atoms with Crippen molar-refractivity contribution < 1.29 is 13.9 Å². The van der Waals surface area contributed by atoms with E-state index in [1.54, 1.807) is 7.11 Å². The van der Waals surface area contributed by atoms with Gasteiger partial charge in [0.05, 0.1) is 6.61 Å². The molecular formula is C14H19N3O3S. The highest BCUT2D eigenvalue weighted by Crippen LogP contribution is 2.21. The molecule has 0 aliphatic carbocycles. The zero-order valence-corrected chi connectivity index (χ0v) is 13.4. The summed E-state index contributed by atoms with van der Waals surface area (Å²) in [5.41, 5.74) is 0. The Morgan fingerprint density at radius 1 is 1.43 bits per heavy atom. The van der Waals surface area contributed by atoms with Gasteiger partial charge in [-0.05, 0) is 19.1 Å². The fourth-order valence-electron chi connectivity index (χ4n) is 1.78. The molecule has 7 heteroatoms. The summed E-state index contributed by atoms with van der Waals surface area (Å²) in [6.07, 6.45) is 0. The second-order valence-electron chi connectivity index (χ2n) is 5.03. The van der Waals surface area contributed by atoms with E-state index in [2.05, 4.69) is 15.5 Å². The third-order valence-electron chi connectivity index (χ3n) is 2.87. The van der Waals surface area contributed by atoms with Crippen molar-refractivity contribution in [1.29, 1.82) is 0 Å². The molecule has 0 aliphatic heterocycles. The van der Waals surface area contributed by atoms with Crippen LogP contribution in [0.3, 0.4) is 0 Å². The molecule has 2 heterocycles. The monoisotopic (exact) mass is 309 g/mol. The molecule has 0 fully saturated rings. The molecule has 1 atom stereocenters. The first-order chi connectivity index (χ1) is 10.0. The SMILES string of the molecule is COC[C@H](NC(=O)c1nnc(C(C)C)s1)c1ccc(C)o1. The van der Waals surface area contributed by atoms with Gasteiger partial charge in [-0.1, -0.05) is 25.2 Å². The summed E-state index contributed by atoms with van der Waals surface area (Å²) in [5.74, 6) is 1.44. The summed E-state index contributed by atoms with van der Waals surface area (Å²) in [4.78, 5) is 12.2. The van der Waals surface area contributed by atoms with Gasteiger partial charge in [-0.25, -0.2) is 0 Å². The Morgan fingerprint density at radius 2 is 2.19 bits per heavy atom. The smallest absolute Gasteiger partial charge is 0.282 e. The predicted octanol–water partition coefficient (Wildman–Crippen LogP) is 2.68. The van der Waals surface area contributed by atoms with Gasteiger partial charge >= 0.3 is 0 Å². The quantitative estimate of drug-likeness (QED) is 0.887. The number of hydrogen-bond donors (Lipinski definition) is 1. The maximum atomic E-state index is 12.2. The largest absolute Gasteiger partial charge is 0.464 e. The van der Waals surface area contributed by atoms with Crippen LogP contribution in [0.25, 0.3) is 0 Å². The van der Waals surface area contributed by atoms with E-state index in [-0.39, 0.29) is 17.9 Å². The number of carbonyl (C=O) groups excluding carboxylic acids is 1. The van der Waals surface area contributed by atoms with Crippen LogP contribution < -0.4 is 5.32 Å². The highest BCUT2D eigenvalue weighted by atomic mass is 32.1. The average molecular weight is 309 g/mol. The van der Waals surface area contributed by atoms with Crippen LogP contribution in [0.4, 0.5) is 0 Å². The number of nitrogens with one attached hydrogen (secondary N) is 1. The van der Waals surface area contributed by atoms with Crippen molar-refractivity contribution in [1.82, 2.24) is 15.5 Å². The van der Waals surface area contributed by atoms with E-state index in [9.17, 15) is 4.79 Å². The van der Waals surface area contributed by atoms with Gasteiger partial charge in [0, 0.05) is 13.0 Å². The van der Waals surface area contributed by atoms with Crippen LogP contribution >= 0.6 is 11.3 Å². The van der Waals surface area contributed by atoms with Gasteiger partial charge in [-0.3, -0.25) is 4.79 Å². The molecule has 0 aliphatic rings. The number of aryl methyl sites for hydroxylation is 1. The fourth-order valence-corrected chi connectivity index (χ4v) is 2.53. The number of furan rings is 1. The summed E-state index contributed by atoms with van der Waals surface area (Å²) < 4.78 is 10.7. The third-order valence-corrected chi connectivity index (χ3v) is 4.09. The molecule has 0 aromatic carbocycles. The van der Waals surface area contributed by atoms with E-state index in [1.165, 1.54) is 11.3 Å². The normalized spacial score (nSPS) is 12.6. The number of hydrogen-bond acceptors (Lipinski definition) is 6. The lowest BCUT2D eigenvalue weighted by Crippen LogP contribution is -2.31. The van der Waals surface area contributed by atoms with Gasteiger partial charge in [-0.15, -0.1) is 10.2 Å². The van der Waals surface area contributed by atoms with Crippen LogP contribution in [-0.4, -0.2) is 29.8 Å². The first-order valence-corrected chi connectivity index (χ1v) is 7.52. The molecule has 0 radical (unpaired) electrons. The predicted molar refractivity (Wildman–Crippen MR) is 79.5 cm³/mol. The van der Waals surface area contributed by atoms with E-state index in [0.717, 1.165) is 10.8 Å². The Bertz CT molecular complexity index is 606. The van der Waals surface area contributed by atoms with Gasteiger partial charge in [0.2, 0.25) is 5.01 Å². The fraction of sp³-hybridized carbons (Fsp3) is 0.500. The van der Waals surface area contributed by atoms with Crippen LogP contribution in [0.2, 0.25) is 0 Å². The molecule has 2 rings (SSSR count). The third kappa shape index (κ3) is 3.89. The van der Waals surface area contributed by atoms with Crippen molar-refractivity contribution in [3.8, 4) is 0 Å². The lowest BCUT2D eigenvalue weighted by Gasteiger charge is -2.14. The Labute approximate surface area is 127 Å². The average Bonchev–Trinajstić information content (AvgIpc) is 3.06. The van der Waals surface area contributed by atoms with Gasteiger partial charge in [0.1, 0.15) is 22.6 Å². The van der Waals surface area contributed by atoms with Gasteiger partial charge in [0.15, 0.2) is 0 Å². The molecule has 114 valence electrons. The maximum Gasteiger partial charge on any atom is 0.282 e. The molecule has 0 saturated carbocycles. The number of rotatable bonds is 6. The van der Waals surface area contributed by atoms with Crippen molar-refractivity contribution >= 4 is 17.2 Å². The molecule has 0 saturated heterocycles. The van der Waals surface area contributed by atoms with Crippen molar-refractivity contribution in [3.05, 3.63) is 33.7 Å². The Kier molecular flexibility index (Phi) is 5.08. The van der Waals surface area contributed by atoms with E-state index in [4.69, 9.17) is 9.15 Å². The Hall–Kier alpha value is -1.73. The van der Waals surface area contributed by atoms with E-state index >= 15 is 0 Å². The summed E-state index contributed by atoms with van der Waals surface area (Å²) in [6, 6.07) is 3.34. The molecule has 6 nitrogen and oxygen atoms in total. The Balaban J connectivity index is 2.10.